The van der Waals surface area contributed by atoms with Crippen molar-refractivity contribution in [2.75, 3.05) is 0 Å². The molecule has 0 radical (unpaired) electrons. The highest BCUT2D eigenvalue weighted by Crippen LogP contribution is 2.31. The Labute approximate surface area is 118 Å². The van der Waals surface area contributed by atoms with E-state index in [1.54, 1.807) is 11.3 Å². The highest BCUT2D eigenvalue weighted by molar-refractivity contribution is 7.18. The molecule has 0 N–H and O–H groups in total. The highest BCUT2D eigenvalue weighted by atomic mass is 35.5. The van der Waals surface area contributed by atoms with Crippen LogP contribution in [0.1, 0.15) is 11.8 Å². The molecular weight excluding hydrogens is 285 g/mol. The Morgan fingerprint density at radius 1 is 1.37 bits per heavy atom. The first-order valence-electron chi connectivity index (χ1n) is 5.76. The minimum Gasteiger partial charge on any atom is -0.250 e. The number of thiophene rings is 1. The van der Waals surface area contributed by atoms with E-state index >= 15 is 0 Å². The number of pyridine rings is 1. The Morgan fingerprint density at radius 3 is 2.95 bits per heavy atom. The van der Waals surface area contributed by atoms with Crippen LogP contribution in [0.3, 0.4) is 0 Å². The molecule has 0 unspecified atom stereocenters. The number of hydrogen-bond acceptors (Lipinski definition) is 4. The Morgan fingerprint density at radius 2 is 2.21 bits per heavy atom. The van der Waals surface area contributed by atoms with Gasteiger partial charge in [0.25, 0.3) is 0 Å². The Balaban J connectivity index is 2.23. The number of rotatable bonds is 2. The highest BCUT2D eigenvalue weighted by Gasteiger charge is 2.14. The van der Waals surface area contributed by atoms with Gasteiger partial charge in [-0.1, -0.05) is 18.5 Å². The number of halogens is 2. The zero-order valence-electron chi connectivity index (χ0n) is 10.0. The van der Waals surface area contributed by atoms with Crippen molar-refractivity contribution in [3.8, 4) is 11.5 Å². The summed E-state index contributed by atoms with van der Waals surface area (Å²) in [6.07, 6.45) is 2.41. The van der Waals surface area contributed by atoms with Crippen LogP contribution in [0.25, 0.3) is 21.7 Å². The van der Waals surface area contributed by atoms with E-state index in [-0.39, 0.29) is 11.5 Å². The van der Waals surface area contributed by atoms with Gasteiger partial charge in [-0.05, 0) is 24.6 Å². The van der Waals surface area contributed by atoms with E-state index in [1.807, 2.05) is 6.07 Å². The van der Waals surface area contributed by atoms with Gasteiger partial charge in [0, 0.05) is 16.5 Å². The van der Waals surface area contributed by atoms with Gasteiger partial charge in [0.15, 0.2) is 11.6 Å². The van der Waals surface area contributed by atoms with Gasteiger partial charge in [0.1, 0.15) is 15.7 Å². The first kappa shape index (κ1) is 12.4. The summed E-state index contributed by atoms with van der Waals surface area (Å²) in [6.45, 7) is 2.06. The summed E-state index contributed by atoms with van der Waals surface area (Å²) in [4.78, 5) is 14.4. The second-order valence-electron chi connectivity index (χ2n) is 3.96. The van der Waals surface area contributed by atoms with E-state index in [1.165, 1.54) is 23.2 Å². The molecule has 19 heavy (non-hydrogen) atoms. The number of nitrogens with zero attached hydrogens (tertiary/aromatic N) is 3. The molecule has 3 aromatic heterocycles. The maximum absolute atomic E-state index is 13.7. The van der Waals surface area contributed by atoms with Crippen LogP contribution in [0, 0.1) is 5.82 Å². The van der Waals surface area contributed by atoms with Gasteiger partial charge in [0.2, 0.25) is 0 Å². The molecular formula is C13H9ClFN3S. The van der Waals surface area contributed by atoms with Crippen molar-refractivity contribution in [1.29, 1.82) is 0 Å². The maximum Gasteiger partial charge on any atom is 0.184 e. The molecule has 3 heterocycles. The largest absolute Gasteiger partial charge is 0.250 e. The predicted octanol–water partition coefficient (Wildman–Crippen LogP) is 4.11. The van der Waals surface area contributed by atoms with Crippen molar-refractivity contribution in [2.24, 2.45) is 0 Å². The minimum atomic E-state index is -0.454. The molecule has 0 aromatic carbocycles. The lowest BCUT2D eigenvalue weighted by molar-refractivity contribution is 0.624. The van der Waals surface area contributed by atoms with E-state index < -0.39 is 5.82 Å². The van der Waals surface area contributed by atoms with E-state index in [0.29, 0.717) is 5.15 Å². The number of hydrogen-bond donors (Lipinski definition) is 0. The fourth-order valence-electron chi connectivity index (χ4n) is 1.77. The van der Waals surface area contributed by atoms with E-state index in [9.17, 15) is 4.39 Å². The molecule has 0 aliphatic heterocycles. The van der Waals surface area contributed by atoms with Crippen LogP contribution in [0.2, 0.25) is 5.15 Å². The van der Waals surface area contributed by atoms with Crippen molar-refractivity contribution < 1.29 is 4.39 Å². The van der Waals surface area contributed by atoms with Crippen LogP contribution in [0.15, 0.2) is 24.4 Å². The second kappa shape index (κ2) is 4.83. The number of aryl methyl sites for hydroxylation is 1. The van der Waals surface area contributed by atoms with Gasteiger partial charge in [-0.2, -0.15) is 0 Å². The van der Waals surface area contributed by atoms with Gasteiger partial charge in [-0.15, -0.1) is 11.3 Å². The summed E-state index contributed by atoms with van der Waals surface area (Å²) in [6, 6.07) is 4.83. The summed E-state index contributed by atoms with van der Waals surface area (Å²) >= 11 is 7.68. The van der Waals surface area contributed by atoms with Crippen LogP contribution < -0.4 is 0 Å². The third-order valence-electron chi connectivity index (χ3n) is 2.72. The summed E-state index contributed by atoms with van der Waals surface area (Å²) in [7, 11) is 0. The molecule has 6 heteroatoms. The number of fused-ring (bicyclic) bond motifs is 1. The fourth-order valence-corrected chi connectivity index (χ4v) is 3.01. The fraction of sp³-hybridized carbons (Fsp3) is 0.154. The first-order chi connectivity index (χ1) is 9.19. The zero-order chi connectivity index (χ0) is 13.4. The van der Waals surface area contributed by atoms with Crippen molar-refractivity contribution in [1.82, 2.24) is 15.0 Å². The summed E-state index contributed by atoms with van der Waals surface area (Å²) in [5.74, 6) is -0.231. The van der Waals surface area contributed by atoms with Gasteiger partial charge in [-0.3, -0.25) is 0 Å². The van der Waals surface area contributed by atoms with Gasteiger partial charge >= 0.3 is 0 Å². The molecule has 0 aliphatic carbocycles. The zero-order valence-corrected chi connectivity index (χ0v) is 11.6. The van der Waals surface area contributed by atoms with E-state index in [2.05, 4.69) is 21.9 Å². The lowest BCUT2D eigenvalue weighted by Crippen LogP contribution is -1.95. The third kappa shape index (κ3) is 2.19. The van der Waals surface area contributed by atoms with Gasteiger partial charge in [-0.25, -0.2) is 19.3 Å². The van der Waals surface area contributed by atoms with Crippen molar-refractivity contribution in [2.45, 2.75) is 13.3 Å². The average molecular weight is 294 g/mol. The smallest absolute Gasteiger partial charge is 0.184 e. The lowest BCUT2D eigenvalue weighted by atomic mass is 10.3. The molecule has 3 rings (SSSR count). The number of aromatic nitrogens is 3. The topological polar surface area (TPSA) is 38.7 Å². The second-order valence-corrected chi connectivity index (χ2v) is 5.43. The van der Waals surface area contributed by atoms with Crippen LogP contribution >= 0.6 is 22.9 Å². The SMILES string of the molecule is CCc1cc2c(Cl)nc(-c3ncccc3F)nc2s1. The first-order valence-corrected chi connectivity index (χ1v) is 6.95. The Hall–Kier alpha value is -1.59. The lowest BCUT2D eigenvalue weighted by Gasteiger charge is -2.01. The molecule has 0 fully saturated rings. The van der Waals surface area contributed by atoms with Crippen LogP contribution in [0.5, 0.6) is 0 Å². The molecule has 3 aromatic rings. The summed E-state index contributed by atoms with van der Waals surface area (Å²) < 4.78 is 13.7. The standard InChI is InChI=1S/C13H9ClFN3S/c1-2-7-6-8-11(14)17-12(18-13(8)19-7)10-9(15)4-3-5-16-10/h3-6H,2H2,1H3. The van der Waals surface area contributed by atoms with Gasteiger partial charge < -0.3 is 0 Å². The third-order valence-corrected chi connectivity index (χ3v) is 4.18. The molecule has 0 aliphatic rings. The molecule has 96 valence electrons. The molecule has 0 spiro atoms. The molecule has 0 amide bonds. The molecule has 0 bridgehead atoms. The van der Waals surface area contributed by atoms with Gasteiger partial charge in [0.05, 0.1) is 0 Å². The predicted molar refractivity (Wildman–Crippen MR) is 75.0 cm³/mol. The van der Waals surface area contributed by atoms with Crippen molar-refractivity contribution in [3.05, 3.63) is 40.2 Å². The maximum atomic E-state index is 13.7. The van der Waals surface area contributed by atoms with E-state index in [0.717, 1.165) is 16.6 Å². The van der Waals surface area contributed by atoms with E-state index in [4.69, 9.17) is 11.6 Å². The molecule has 0 saturated carbocycles. The van der Waals surface area contributed by atoms with Crippen LogP contribution in [-0.2, 0) is 6.42 Å². The monoisotopic (exact) mass is 293 g/mol. The Kier molecular flexibility index (Phi) is 3.16. The van der Waals surface area contributed by atoms with Crippen molar-refractivity contribution >= 4 is 33.2 Å². The van der Waals surface area contributed by atoms with Crippen LogP contribution in [-0.4, -0.2) is 15.0 Å². The quantitative estimate of drug-likeness (QED) is 0.668. The molecule has 0 atom stereocenters. The summed E-state index contributed by atoms with van der Waals surface area (Å²) in [5.41, 5.74) is 0.123. The molecule has 3 nitrogen and oxygen atoms in total. The Bertz CT molecular complexity index is 757. The normalized spacial score (nSPS) is 11.1. The minimum absolute atomic E-state index is 0.123. The van der Waals surface area contributed by atoms with Crippen LogP contribution in [0.4, 0.5) is 4.39 Å². The molecule has 0 saturated heterocycles. The average Bonchev–Trinajstić information content (AvgIpc) is 2.83. The van der Waals surface area contributed by atoms with Crippen molar-refractivity contribution in [3.63, 3.8) is 0 Å². The summed E-state index contributed by atoms with van der Waals surface area (Å²) in [5, 5.41) is 1.14.